The average molecular weight is 140 g/mol. The van der Waals surface area contributed by atoms with E-state index in [0.29, 0.717) is 0 Å². The van der Waals surface area contributed by atoms with Crippen LogP contribution in [0.15, 0.2) is 0 Å². The SMILES string of the molecule is NCC1CN1C1CCCC1. The highest BCUT2D eigenvalue weighted by Gasteiger charge is 2.39. The molecular weight excluding hydrogens is 124 g/mol. The van der Waals surface area contributed by atoms with Gasteiger partial charge in [0.2, 0.25) is 0 Å². The minimum absolute atomic E-state index is 0.753. The molecule has 2 fully saturated rings. The molecule has 0 aromatic carbocycles. The van der Waals surface area contributed by atoms with E-state index in [0.717, 1.165) is 18.6 Å². The van der Waals surface area contributed by atoms with Crippen molar-refractivity contribution in [2.24, 2.45) is 5.73 Å². The van der Waals surface area contributed by atoms with Crippen LogP contribution in [0.1, 0.15) is 25.7 Å². The molecule has 1 aliphatic heterocycles. The van der Waals surface area contributed by atoms with Gasteiger partial charge in [0, 0.05) is 25.2 Å². The van der Waals surface area contributed by atoms with Gasteiger partial charge in [0.05, 0.1) is 0 Å². The number of rotatable bonds is 2. The number of hydrogen-bond acceptors (Lipinski definition) is 2. The van der Waals surface area contributed by atoms with Crippen molar-refractivity contribution in [2.75, 3.05) is 13.1 Å². The maximum atomic E-state index is 5.55. The molecule has 10 heavy (non-hydrogen) atoms. The highest BCUT2D eigenvalue weighted by atomic mass is 15.3. The third-order valence-electron chi connectivity index (χ3n) is 2.82. The second kappa shape index (κ2) is 2.51. The second-order valence-corrected chi connectivity index (χ2v) is 3.52. The summed E-state index contributed by atoms with van der Waals surface area (Å²) in [5, 5.41) is 0. The third kappa shape index (κ3) is 1.06. The van der Waals surface area contributed by atoms with Crippen LogP contribution in [0.5, 0.6) is 0 Å². The minimum Gasteiger partial charge on any atom is -0.329 e. The lowest BCUT2D eigenvalue weighted by molar-refractivity contribution is 0.377. The van der Waals surface area contributed by atoms with Gasteiger partial charge in [-0.25, -0.2) is 0 Å². The highest BCUT2D eigenvalue weighted by Crippen LogP contribution is 2.31. The monoisotopic (exact) mass is 140 g/mol. The van der Waals surface area contributed by atoms with Gasteiger partial charge >= 0.3 is 0 Å². The smallest absolute Gasteiger partial charge is 0.0349 e. The average Bonchev–Trinajstić information content (AvgIpc) is 2.56. The predicted octanol–water partition coefficient (Wildman–Crippen LogP) is 0.572. The lowest BCUT2D eigenvalue weighted by Gasteiger charge is -2.09. The Morgan fingerprint density at radius 3 is 2.50 bits per heavy atom. The molecule has 2 aliphatic rings. The summed E-state index contributed by atoms with van der Waals surface area (Å²) in [6.45, 7) is 2.15. The summed E-state index contributed by atoms with van der Waals surface area (Å²) in [6, 6.07) is 1.66. The van der Waals surface area contributed by atoms with Gasteiger partial charge < -0.3 is 5.73 Å². The zero-order valence-electron chi connectivity index (χ0n) is 6.42. The van der Waals surface area contributed by atoms with Crippen LogP contribution in [-0.4, -0.2) is 30.1 Å². The van der Waals surface area contributed by atoms with Gasteiger partial charge in [-0.05, 0) is 12.8 Å². The van der Waals surface area contributed by atoms with Crippen molar-refractivity contribution < 1.29 is 0 Å². The first-order chi connectivity index (χ1) is 4.92. The van der Waals surface area contributed by atoms with E-state index in [2.05, 4.69) is 4.90 Å². The maximum absolute atomic E-state index is 5.55. The molecular formula is C8H16N2. The fourth-order valence-corrected chi connectivity index (χ4v) is 2.09. The Kier molecular flexibility index (Phi) is 1.66. The third-order valence-corrected chi connectivity index (χ3v) is 2.82. The van der Waals surface area contributed by atoms with Crippen LogP contribution in [0.2, 0.25) is 0 Å². The molecule has 2 unspecified atom stereocenters. The standard InChI is InChI=1S/C8H16N2/c9-5-8-6-10(8)7-3-1-2-4-7/h7-8H,1-6,9H2. The molecule has 0 radical (unpaired) electrons. The van der Waals surface area contributed by atoms with E-state index in [9.17, 15) is 0 Å². The Morgan fingerprint density at radius 2 is 2.00 bits per heavy atom. The molecule has 0 bridgehead atoms. The van der Waals surface area contributed by atoms with Crippen molar-refractivity contribution in [3.63, 3.8) is 0 Å². The number of hydrogen-bond donors (Lipinski definition) is 1. The Bertz CT molecular complexity index is 118. The molecule has 2 nitrogen and oxygen atoms in total. The van der Waals surface area contributed by atoms with E-state index in [4.69, 9.17) is 5.73 Å². The van der Waals surface area contributed by atoms with Gasteiger partial charge in [-0.3, -0.25) is 4.90 Å². The van der Waals surface area contributed by atoms with Crippen LogP contribution in [0, 0.1) is 0 Å². The van der Waals surface area contributed by atoms with Crippen molar-refractivity contribution in [2.45, 2.75) is 37.8 Å². The van der Waals surface area contributed by atoms with Crippen molar-refractivity contribution in [1.29, 1.82) is 0 Å². The molecule has 1 saturated carbocycles. The molecule has 2 heteroatoms. The summed E-state index contributed by atoms with van der Waals surface area (Å²) in [6.07, 6.45) is 5.74. The first-order valence-electron chi connectivity index (χ1n) is 4.37. The fourth-order valence-electron chi connectivity index (χ4n) is 2.09. The molecule has 58 valence electrons. The van der Waals surface area contributed by atoms with E-state index in [1.807, 2.05) is 0 Å². The van der Waals surface area contributed by atoms with Gasteiger partial charge in [-0.15, -0.1) is 0 Å². The maximum Gasteiger partial charge on any atom is 0.0349 e. The molecule has 1 heterocycles. The minimum atomic E-state index is 0.753. The molecule has 1 aliphatic carbocycles. The summed E-state index contributed by atoms with van der Waals surface area (Å²) in [7, 11) is 0. The zero-order chi connectivity index (χ0) is 6.97. The quantitative estimate of drug-likeness (QED) is 0.568. The molecule has 1 saturated heterocycles. The number of nitrogens with zero attached hydrogens (tertiary/aromatic N) is 1. The summed E-state index contributed by atoms with van der Waals surface area (Å²) < 4.78 is 0. The normalized spacial score (nSPS) is 40.5. The van der Waals surface area contributed by atoms with Crippen molar-refractivity contribution in [1.82, 2.24) is 4.90 Å². The Labute approximate surface area is 62.4 Å². The summed E-state index contributed by atoms with van der Waals surface area (Å²) >= 11 is 0. The van der Waals surface area contributed by atoms with E-state index >= 15 is 0 Å². The topological polar surface area (TPSA) is 29.0 Å². The van der Waals surface area contributed by atoms with Crippen molar-refractivity contribution >= 4 is 0 Å². The van der Waals surface area contributed by atoms with E-state index < -0.39 is 0 Å². The van der Waals surface area contributed by atoms with Gasteiger partial charge in [-0.1, -0.05) is 12.8 Å². The molecule has 2 N–H and O–H groups in total. The zero-order valence-corrected chi connectivity index (χ0v) is 6.42. The Morgan fingerprint density at radius 1 is 1.30 bits per heavy atom. The van der Waals surface area contributed by atoms with Gasteiger partial charge in [0.25, 0.3) is 0 Å². The van der Waals surface area contributed by atoms with Crippen LogP contribution in [-0.2, 0) is 0 Å². The Hall–Kier alpha value is -0.0800. The lowest BCUT2D eigenvalue weighted by atomic mass is 10.2. The second-order valence-electron chi connectivity index (χ2n) is 3.52. The van der Waals surface area contributed by atoms with E-state index in [1.165, 1.54) is 32.2 Å². The summed E-state index contributed by atoms with van der Waals surface area (Å²) in [5.74, 6) is 0. The predicted molar refractivity (Wildman–Crippen MR) is 41.8 cm³/mol. The van der Waals surface area contributed by atoms with E-state index in [-0.39, 0.29) is 0 Å². The fraction of sp³-hybridized carbons (Fsp3) is 1.00. The van der Waals surface area contributed by atoms with Crippen LogP contribution in [0.25, 0.3) is 0 Å². The molecule has 0 aromatic heterocycles. The molecule has 0 amide bonds. The summed E-state index contributed by atoms with van der Waals surface area (Å²) in [4.78, 5) is 2.56. The van der Waals surface area contributed by atoms with Crippen molar-refractivity contribution in [3.8, 4) is 0 Å². The Balaban J connectivity index is 1.79. The molecule has 0 aromatic rings. The molecule has 2 atom stereocenters. The van der Waals surface area contributed by atoms with Crippen LogP contribution in [0.4, 0.5) is 0 Å². The largest absolute Gasteiger partial charge is 0.329 e. The first-order valence-corrected chi connectivity index (χ1v) is 4.37. The highest BCUT2D eigenvalue weighted by molar-refractivity contribution is 4.96. The first kappa shape index (κ1) is 6.62. The van der Waals surface area contributed by atoms with Crippen LogP contribution < -0.4 is 5.73 Å². The molecule has 0 spiro atoms. The summed E-state index contributed by atoms with van der Waals surface area (Å²) in [5.41, 5.74) is 5.55. The lowest BCUT2D eigenvalue weighted by Crippen LogP contribution is -2.20. The molecule has 2 rings (SSSR count). The van der Waals surface area contributed by atoms with Crippen LogP contribution in [0.3, 0.4) is 0 Å². The van der Waals surface area contributed by atoms with Gasteiger partial charge in [0.1, 0.15) is 0 Å². The van der Waals surface area contributed by atoms with E-state index in [1.54, 1.807) is 0 Å². The van der Waals surface area contributed by atoms with Crippen molar-refractivity contribution in [3.05, 3.63) is 0 Å². The van der Waals surface area contributed by atoms with Gasteiger partial charge in [0.15, 0.2) is 0 Å². The number of nitrogens with two attached hydrogens (primary N) is 1. The van der Waals surface area contributed by atoms with Gasteiger partial charge in [-0.2, -0.15) is 0 Å². The van der Waals surface area contributed by atoms with Crippen LogP contribution >= 0.6 is 0 Å².